The fraction of sp³-hybridized carbons (Fsp3) is 0.385. The zero-order valence-electron chi connectivity index (χ0n) is 10.9. The average molecular weight is 304 g/mol. The van der Waals surface area contributed by atoms with Crippen LogP contribution in [-0.2, 0) is 9.59 Å². The van der Waals surface area contributed by atoms with Gasteiger partial charge in [-0.1, -0.05) is 41.4 Å². The lowest BCUT2D eigenvalue weighted by molar-refractivity contribution is -0.139. The van der Waals surface area contributed by atoms with Gasteiger partial charge in [-0.15, -0.1) is 0 Å². The standard InChI is InChI=1S/C13H15Cl2NO3/c1-7-5-4-6-8(2)10(7)16(9(3)13(18)19)12(17)11(14)15/h4-6,9,11H,1-3H3,(H,18,19)/t9-/m0/s1. The molecule has 1 N–H and O–H groups in total. The lowest BCUT2D eigenvalue weighted by Gasteiger charge is -2.30. The molecular formula is C13H15Cl2NO3. The number of carboxylic acid groups (broad SMARTS) is 1. The second-order valence-electron chi connectivity index (χ2n) is 4.26. The Hall–Kier alpha value is -1.26. The number of carboxylic acids is 1. The van der Waals surface area contributed by atoms with Gasteiger partial charge in [0.1, 0.15) is 6.04 Å². The van der Waals surface area contributed by atoms with Gasteiger partial charge in [0.25, 0.3) is 5.91 Å². The molecule has 4 nitrogen and oxygen atoms in total. The largest absolute Gasteiger partial charge is 0.480 e. The minimum atomic E-state index is -1.30. The molecule has 19 heavy (non-hydrogen) atoms. The molecule has 0 aromatic heterocycles. The first-order chi connectivity index (χ1) is 8.77. The van der Waals surface area contributed by atoms with Crippen molar-refractivity contribution in [2.45, 2.75) is 31.6 Å². The van der Waals surface area contributed by atoms with Gasteiger partial charge in [0.05, 0.1) is 5.69 Å². The van der Waals surface area contributed by atoms with Crippen molar-refractivity contribution in [3.8, 4) is 0 Å². The molecule has 0 saturated heterocycles. The molecule has 1 aromatic carbocycles. The van der Waals surface area contributed by atoms with Gasteiger partial charge in [-0.05, 0) is 31.9 Å². The highest BCUT2D eigenvalue weighted by Crippen LogP contribution is 2.28. The van der Waals surface area contributed by atoms with Crippen LogP contribution in [0.5, 0.6) is 0 Å². The molecule has 6 heteroatoms. The Bertz CT molecular complexity index is 482. The van der Waals surface area contributed by atoms with E-state index in [0.29, 0.717) is 5.69 Å². The van der Waals surface area contributed by atoms with Crippen molar-refractivity contribution >= 4 is 40.8 Å². The van der Waals surface area contributed by atoms with Crippen LogP contribution in [-0.4, -0.2) is 27.9 Å². The number of carbonyl (C=O) groups is 2. The first-order valence-corrected chi connectivity index (χ1v) is 6.55. The predicted octanol–water partition coefficient (Wildman–Crippen LogP) is 2.91. The molecule has 1 atom stereocenters. The van der Waals surface area contributed by atoms with Crippen molar-refractivity contribution in [2.24, 2.45) is 0 Å². The molecule has 0 aliphatic rings. The molecule has 0 radical (unpaired) electrons. The van der Waals surface area contributed by atoms with E-state index >= 15 is 0 Å². The lowest BCUT2D eigenvalue weighted by Crippen LogP contribution is -2.46. The van der Waals surface area contributed by atoms with Gasteiger partial charge in [0.2, 0.25) is 0 Å². The Balaban J connectivity index is 3.39. The summed E-state index contributed by atoms with van der Waals surface area (Å²) in [6, 6.07) is 4.39. The van der Waals surface area contributed by atoms with Crippen LogP contribution in [0.1, 0.15) is 18.1 Å². The number of aryl methyl sites for hydroxylation is 2. The molecular weight excluding hydrogens is 289 g/mol. The third-order valence-corrected chi connectivity index (χ3v) is 3.22. The molecule has 0 bridgehead atoms. The van der Waals surface area contributed by atoms with E-state index in [9.17, 15) is 9.59 Å². The topological polar surface area (TPSA) is 57.6 Å². The van der Waals surface area contributed by atoms with Crippen LogP contribution in [0.25, 0.3) is 0 Å². The summed E-state index contributed by atoms with van der Waals surface area (Å²) in [6.45, 7) is 5.02. The summed E-state index contributed by atoms with van der Waals surface area (Å²) in [7, 11) is 0. The molecule has 1 aromatic rings. The Labute approximate surface area is 121 Å². The zero-order chi connectivity index (χ0) is 14.7. The van der Waals surface area contributed by atoms with Crippen molar-refractivity contribution < 1.29 is 14.7 Å². The average Bonchev–Trinajstić information content (AvgIpc) is 2.32. The molecule has 104 valence electrons. The monoisotopic (exact) mass is 303 g/mol. The van der Waals surface area contributed by atoms with Crippen LogP contribution in [0.4, 0.5) is 5.69 Å². The van der Waals surface area contributed by atoms with Gasteiger partial charge >= 0.3 is 5.97 Å². The minimum absolute atomic E-state index is 0.536. The molecule has 0 saturated carbocycles. The van der Waals surface area contributed by atoms with E-state index in [0.717, 1.165) is 16.0 Å². The minimum Gasteiger partial charge on any atom is -0.480 e. The summed E-state index contributed by atoms with van der Waals surface area (Å²) in [5, 5.41) is 9.15. The van der Waals surface area contributed by atoms with Gasteiger partial charge < -0.3 is 5.11 Å². The first-order valence-electron chi connectivity index (χ1n) is 5.67. The van der Waals surface area contributed by atoms with Crippen LogP contribution < -0.4 is 4.90 Å². The fourth-order valence-electron chi connectivity index (χ4n) is 1.90. The Kier molecular flexibility index (Phi) is 5.20. The summed E-state index contributed by atoms with van der Waals surface area (Å²) in [4.78, 5) is 23.1. The normalized spacial score (nSPS) is 12.3. The number of amides is 1. The number of halogens is 2. The van der Waals surface area contributed by atoms with E-state index in [4.69, 9.17) is 28.3 Å². The number of carbonyl (C=O) groups excluding carboxylic acids is 1. The first kappa shape index (κ1) is 15.8. The third kappa shape index (κ3) is 3.39. The van der Waals surface area contributed by atoms with Crippen molar-refractivity contribution in [1.29, 1.82) is 0 Å². The molecule has 1 amide bonds. The molecule has 1 rings (SSSR count). The van der Waals surface area contributed by atoms with E-state index in [1.165, 1.54) is 6.92 Å². The summed E-state index contributed by atoms with van der Waals surface area (Å²) >= 11 is 11.2. The highest BCUT2D eigenvalue weighted by atomic mass is 35.5. The number of benzene rings is 1. The maximum atomic E-state index is 12.1. The molecule has 0 aliphatic heterocycles. The predicted molar refractivity (Wildman–Crippen MR) is 76.0 cm³/mol. The van der Waals surface area contributed by atoms with Gasteiger partial charge in [0, 0.05) is 0 Å². The molecule has 0 aliphatic carbocycles. The van der Waals surface area contributed by atoms with Crippen LogP contribution in [0.15, 0.2) is 18.2 Å². The number of anilines is 1. The van der Waals surface area contributed by atoms with E-state index in [1.807, 2.05) is 6.07 Å². The van der Waals surface area contributed by atoms with Crippen LogP contribution >= 0.6 is 23.2 Å². The second kappa shape index (κ2) is 6.26. The lowest BCUT2D eigenvalue weighted by atomic mass is 10.1. The van der Waals surface area contributed by atoms with Crippen LogP contribution in [0, 0.1) is 13.8 Å². The quantitative estimate of drug-likeness (QED) is 0.870. The second-order valence-corrected chi connectivity index (χ2v) is 5.36. The van der Waals surface area contributed by atoms with Gasteiger partial charge in [0.15, 0.2) is 4.84 Å². The van der Waals surface area contributed by atoms with E-state index in [1.54, 1.807) is 26.0 Å². The number of rotatable bonds is 4. The SMILES string of the molecule is Cc1cccc(C)c1N(C(=O)C(Cl)Cl)[C@@H](C)C(=O)O. The Morgan fingerprint density at radius 2 is 1.68 bits per heavy atom. The number of para-hydroxylation sites is 1. The Morgan fingerprint density at radius 1 is 1.21 bits per heavy atom. The zero-order valence-corrected chi connectivity index (χ0v) is 12.4. The highest BCUT2D eigenvalue weighted by molar-refractivity contribution is 6.54. The maximum Gasteiger partial charge on any atom is 0.326 e. The van der Waals surface area contributed by atoms with Crippen molar-refractivity contribution in [3.63, 3.8) is 0 Å². The number of alkyl halides is 2. The van der Waals surface area contributed by atoms with E-state index < -0.39 is 22.8 Å². The summed E-state index contributed by atoms with van der Waals surface area (Å²) in [6.07, 6.45) is 0. The Morgan fingerprint density at radius 3 is 2.05 bits per heavy atom. The molecule has 0 fully saturated rings. The number of nitrogens with zero attached hydrogens (tertiary/aromatic N) is 1. The smallest absolute Gasteiger partial charge is 0.326 e. The van der Waals surface area contributed by atoms with Crippen LogP contribution in [0.3, 0.4) is 0 Å². The van der Waals surface area contributed by atoms with Crippen LogP contribution in [0.2, 0.25) is 0 Å². The van der Waals surface area contributed by atoms with E-state index in [2.05, 4.69) is 0 Å². The third-order valence-electron chi connectivity index (χ3n) is 2.85. The van der Waals surface area contributed by atoms with Gasteiger partial charge in [-0.2, -0.15) is 0 Å². The number of aliphatic carboxylic acids is 1. The summed E-state index contributed by atoms with van der Waals surface area (Å²) in [5.74, 6) is -1.76. The van der Waals surface area contributed by atoms with Gasteiger partial charge in [-0.25, -0.2) is 4.79 Å². The molecule has 0 unspecified atom stereocenters. The number of hydrogen-bond donors (Lipinski definition) is 1. The van der Waals surface area contributed by atoms with Crippen molar-refractivity contribution in [1.82, 2.24) is 0 Å². The van der Waals surface area contributed by atoms with Crippen molar-refractivity contribution in [3.05, 3.63) is 29.3 Å². The van der Waals surface area contributed by atoms with Gasteiger partial charge in [-0.3, -0.25) is 9.69 Å². The molecule has 0 heterocycles. The fourth-order valence-corrected chi connectivity index (χ4v) is 2.11. The summed E-state index contributed by atoms with van der Waals surface area (Å²) in [5.41, 5.74) is 2.11. The summed E-state index contributed by atoms with van der Waals surface area (Å²) < 4.78 is 0. The number of hydrogen-bond acceptors (Lipinski definition) is 2. The highest BCUT2D eigenvalue weighted by Gasteiger charge is 2.32. The maximum absolute atomic E-state index is 12.1. The van der Waals surface area contributed by atoms with Crippen molar-refractivity contribution in [2.75, 3.05) is 4.90 Å². The molecule has 0 spiro atoms. The van der Waals surface area contributed by atoms with E-state index in [-0.39, 0.29) is 0 Å².